The van der Waals surface area contributed by atoms with Crippen LogP contribution in [0.5, 0.6) is 0 Å². The number of hydrogen-bond donors (Lipinski definition) is 1. The van der Waals surface area contributed by atoms with Crippen molar-refractivity contribution in [3.63, 3.8) is 0 Å². The lowest BCUT2D eigenvalue weighted by atomic mass is 10.0. The average molecular weight is 348 g/mol. The fourth-order valence-corrected chi connectivity index (χ4v) is 3.09. The van der Waals surface area contributed by atoms with Crippen molar-refractivity contribution in [1.29, 1.82) is 0 Å². The molecule has 1 heterocycles. The van der Waals surface area contributed by atoms with E-state index in [0.717, 1.165) is 22.6 Å². The van der Waals surface area contributed by atoms with E-state index in [0.29, 0.717) is 12.8 Å². The summed E-state index contributed by atoms with van der Waals surface area (Å²) >= 11 is 0. The molecule has 0 fully saturated rings. The lowest BCUT2D eigenvalue weighted by molar-refractivity contribution is -0.121. The highest BCUT2D eigenvalue weighted by molar-refractivity contribution is 5.76. The van der Waals surface area contributed by atoms with Crippen molar-refractivity contribution in [2.75, 3.05) is 0 Å². The molecule has 1 atom stereocenters. The second kappa shape index (κ2) is 8.00. The maximum atomic E-state index is 12.3. The van der Waals surface area contributed by atoms with Crippen LogP contribution in [-0.4, -0.2) is 11.1 Å². The Hall–Kier alpha value is -2.88. The number of hydrogen-bond acceptors (Lipinski definition) is 3. The number of aryl methyl sites for hydroxylation is 2. The van der Waals surface area contributed by atoms with Crippen molar-refractivity contribution in [2.24, 2.45) is 0 Å². The van der Waals surface area contributed by atoms with E-state index < -0.39 is 0 Å². The molecular weight excluding hydrogens is 324 g/mol. The molecule has 0 radical (unpaired) electrons. The largest absolute Gasteiger partial charge is 0.361 e. The normalized spacial score (nSPS) is 12.0. The molecule has 0 spiro atoms. The van der Waals surface area contributed by atoms with Gasteiger partial charge in [0.2, 0.25) is 5.91 Å². The topological polar surface area (TPSA) is 55.1 Å². The molecule has 0 aliphatic carbocycles. The minimum absolute atomic E-state index is 0.0306. The number of nitrogens with one attached hydrogen (secondary N) is 1. The first-order valence-corrected chi connectivity index (χ1v) is 8.91. The molecule has 3 aromatic rings. The smallest absolute Gasteiger partial charge is 0.220 e. The molecule has 3 rings (SSSR count). The SMILES string of the molecule is Cc1noc(C)c1CCC(=O)N[C@H](C)c1ccc(-c2ccccc2)cc1. The molecule has 4 heteroatoms. The molecule has 1 N–H and O–H groups in total. The highest BCUT2D eigenvalue weighted by Crippen LogP contribution is 2.22. The van der Waals surface area contributed by atoms with Gasteiger partial charge in [0.05, 0.1) is 11.7 Å². The minimum atomic E-state index is -0.0306. The fraction of sp³-hybridized carbons (Fsp3) is 0.273. The van der Waals surface area contributed by atoms with Crippen molar-refractivity contribution in [3.8, 4) is 11.1 Å². The summed E-state index contributed by atoms with van der Waals surface area (Å²) in [6, 6.07) is 18.6. The van der Waals surface area contributed by atoms with Gasteiger partial charge in [0, 0.05) is 12.0 Å². The molecule has 1 aromatic heterocycles. The Morgan fingerprint density at radius 3 is 2.31 bits per heavy atom. The molecule has 0 saturated heterocycles. The van der Waals surface area contributed by atoms with Crippen LogP contribution in [-0.2, 0) is 11.2 Å². The van der Waals surface area contributed by atoms with Crippen LogP contribution in [0.2, 0.25) is 0 Å². The van der Waals surface area contributed by atoms with E-state index in [-0.39, 0.29) is 11.9 Å². The van der Waals surface area contributed by atoms with Crippen molar-refractivity contribution in [2.45, 2.75) is 39.7 Å². The van der Waals surface area contributed by atoms with Crippen LogP contribution in [0.4, 0.5) is 0 Å². The first-order valence-electron chi connectivity index (χ1n) is 8.91. The Labute approximate surface area is 154 Å². The van der Waals surface area contributed by atoms with Crippen LogP contribution in [0.25, 0.3) is 11.1 Å². The first-order chi connectivity index (χ1) is 12.5. The van der Waals surface area contributed by atoms with Gasteiger partial charge in [0.25, 0.3) is 0 Å². The lowest BCUT2D eigenvalue weighted by Gasteiger charge is -2.15. The Bertz CT molecular complexity index is 847. The van der Waals surface area contributed by atoms with E-state index in [1.165, 1.54) is 11.1 Å². The molecule has 26 heavy (non-hydrogen) atoms. The number of nitrogens with zero attached hydrogens (tertiary/aromatic N) is 1. The molecule has 0 aliphatic heterocycles. The summed E-state index contributed by atoms with van der Waals surface area (Å²) in [4.78, 5) is 12.3. The van der Waals surface area contributed by atoms with Gasteiger partial charge in [0.1, 0.15) is 5.76 Å². The summed E-state index contributed by atoms with van der Waals surface area (Å²) in [5.41, 5.74) is 5.34. The summed E-state index contributed by atoms with van der Waals surface area (Å²) in [6.07, 6.45) is 1.07. The summed E-state index contributed by atoms with van der Waals surface area (Å²) in [5, 5.41) is 7.00. The number of aromatic nitrogens is 1. The number of benzene rings is 2. The molecule has 0 aliphatic rings. The van der Waals surface area contributed by atoms with E-state index >= 15 is 0 Å². The zero-order valence-electron chi connectivity index (χ0n) is 15.5. The third-order valence-corrected chi connectivity index (χ3v) is 4.68. The van der Waals surface area contributed by atoms with Crippen molar-refractivity contribution >= 4 is 5.91 Å². The maximum Gasteiger partial charge on any atom is 0.220 e. The monoisotopic (exact) mass is 348 g/mol. The molecule has 4 nitrogen and oxygen atoms in total. The van der Waals surface area contributed by atoms with Crippen LogP contribution in [0, 0.1) is 13.8 Å². The molecule has 2 aromatic carbocycles. The Morgan fingerprint density at radius 1 is 1.04 bits per heavy atom. The van der Waals surface area contributed by atoms with Gasteiger partial charge < -0.3 is 9.84 Å². The predicted molar refractivity (Wildman–Crippen MR) is 103 cm³/mol. The molecule has 134 valence electrons. The highest BCUT2D eigenvalue weighted by Gasteiger charge is 2.13. The standard InChI is InChI=1S/C22H24N2O2/c1-15(23-22(25)14-13-21-16(2)24-26-17(21)3)18-9-11-20(12-10-18)19-7-5-4-6-8-19/h4-12,15H,13-14H2,1-3H3,(H,23,25)/t15-/m1/s1. The number of carbonyl (C=O) groups excluding carboxylic acids is 1. The second-order valence-electron chi connectivity index (χ2n) is 6.58. The summed E-state index contributed by atoms with van der Waals surface area (Å²) < 4.78 is 5.14. The van der Waals surface area contributed by atoms with Gasteiger partial charge in [-0.15, -0.1) is 0 Å². The number of carbonyl (C=O) groups is 1. The van der Waals surface area contributed by atoms with Crippen LogP contribution in [0.15, 0.2) is 59.1 Å². The zero-order chi connectivity index (χ0) is 18.5. The minimum Gasteiger partial charge on any atom is -0.361 e. The van der Waals surface area contributed by atoms with E-state index in [1.54, 1.807) is 0 Å². The quantitative estimate of drug-likeness (QED) is 0.698. The van der Waals surface area contributed by atoms with Crippen LogP contribution < -0.4 is 5.32 Å². The van der Waals surface area contributed by atoms with E-state index in [9.17, 15) is 4.79 Å². The average Bonchev–Trinajstić information content (AvgIpc) is 2.98. The molecular formula is C22H24N2O2. The number of rotatable bonds is 6. The molecule has 0 bridgehead atoms. The van der Waals surface area contributed by atoms with Gasteiger partial charge in [-0.05, 0) is 43.9 Å². The summed E-state index contributed by atoms with van der Waals surface area (Å²) in [5.74, 6) is 0.824. The second-order valence-corrected chi connectivity index (χ2v) is 6.58. The van der Waals surface area contributed by atoms with Gasteiger partial charge in [-0.3, -0.25) is 4.79 Å². The van der Waals surface area contributed by atoms with Crippen LogP contribution >= 0.6 is 0 Å². The molecule has 0 saturated carbocycles. The van der Waals surface area contributed by atoms with Gasteiger partial charge in [-0.1, -0.05) is 59.8 Å². The van der Waals surface area contributed by atoms with Crippen LogP contribution in [0.3, 0.4) is 0 Å². The Morgan fingerprint density at radius 2 is 1.69 bits per heavy atom. The number of amides is 1. The Balaban J connectivity index is 1.57. The summed E-state index contributed by atoms with van der Waals surface area (Å²) in [7, 11) is 0. The van der Waals surface area contributed by atoms with E-state index in [1.807, 2.05) is 39.0 Å². The van der Waals surface area contributed by atoms with Crippen molar-refractivity contribution in [3.05, 3.63) is 77.2 Å². The van der Waals surface area contributed by atoms with Crippen LogP contribution in [0.1, 0.15) is 42.0 Å². The van der Waals surface area contributed by atoms with Crippen molar-refractivity contribution < 1.29 is 9.32 Å². The van der Waals surface area contributed by atoms with Gasteiger partial charge >= 0.3 is 0 Å². The fourth-order valence-electron chi connectivity index (χ4n) is 3.09. The lowest BCUT2D eigenvalue weighted by Crippen LogP contribution is -2.26. The highest BCUT2D eigenvalue weighted by atomic mass is 16.5. The summed E-state index contributed by atoms with van der Waals surface area (Å²) in [6.45, 7) is 5.79. The maximum absolute atomic E-state index is 12.3. The van der Waals surface area contributed by atoms with Gasteiger partial charge in [-0.25, -0.2) is 0 Å². The first kappa shape index (κ1) is 17.9. The third-order valence-electron chi connectivity index (χ3n) is 4.68. The Kier molecular flexibility index (Phi) is 5.52. The van der Waals surface area contributed by atoms with E-state index in [4.69, 9.17) is 4.52 Å². The predicted octanol–water partition coefficient (Wildman–Crippen LogP) is 4.77. The molecule has 0 unspecified atom stereocenters. The van der Waals surface area contributed by atoms with Crippen molar-refractivity contribution in [1.82, 2.24) is 10.5 Å². The molecule has 1 amide bonds. The zero-order valence-corrected chi connectivity index (χ0v) is 15.5. The third kappa shape index (κ3) is 4.20. The van der Waals surface area contributed by atoms with E-state index in [2.05, 4.69) is 46.9 Å². The van der Waals surface area contributed by atoms with Gasteiger partial charge in [0.15, 0.2) is 0 Å². The van der Waals surface area contributed by atoms with Gasteiger partial charge in [-0.2, -0.15) is 0 Å².